The van der Waals surface area contributed by atoms with Crippen LogP contribution in [0.1, 0.15) is 37.3 Å². The Morgan fingerprint density at radius 2 is 1.84 bits per heavy atom. The zero-order valence-electron chi connectivity index (χ0n) is 10.5. The lowest BCUT2D eigenvalue weighted by Crippen LogP contribution is -2.16. The van der Waals surface area contributed by atoms with Crippen molar-refractivity contribution in [2.24, 2.45) is 0 Å². The molecule has 0 unspecified atom stereocenters. The Balaban J connectivity index is 2.05. The molecule has 0 amide bonds. The van der Waals surface area contributed by atoms with Gasteiger partial charge in [0.15, 0.2) is 0 Å². The minimum atomic E-state index is -0.177. The van der Waals surface area contributed by atoms with Crippen LogP contribution in [0.25, 0.3) is 5.69 Å². The largest absolute Gasteiger partial charge is 0.393 e. The van der Waals surface area contributed by atoms with Crippen molar-refractivity contribution in [3.8, 4) is 5.69 Å². The molecule has 0 saturated heterocycles. The highest BCUT2D eigenvalue weighted by molar-refractivity contribution is 6.30. The van der Waals surface area contributed by atoms with Crippen LogP contribution >= 0.6 is 11.6 Å². The number of H-pyrrole nitrogens is 1. The lowest BCUT2D eigenvalue weighted by atomic mass is 10.0. The van der Waals surface area contributed by atoms with Crippen molar-refractivity contribution in [2.45, 2.75) is 31.6 Å². The highest BCUT2D eigenvalue weighted by Gasteiger charge is 2.23. The van der Waals surface area contributed by atoms with Crippen molar-refractivity contribution < 1.29 is 0 Å². The summed E-state index contributed by atoms with van der Waals surface area (Å²) in [7, 11) is 0. The number of aromatic nitrogens is 2. The number of aromatic amines is 1. The number of hydrogen-bond acceptors (Lipinski definition) is 2. The number of hydrogen-bond donors (Lipinski definition) is 2. The molecule has 0 aliphatic heterocycles. The van der Waals surface area contributed by atoms with Crippen molar-refractivity contribution >= 4 is 17.3 Å². The zero-order chi connectivity index (χ0) is 13.4. The fourth-order valence-electron chi connectivity index (χ4n) is 2.76. The van der Waals surface area contributed by atoms with E-state index >= 15 is 0 Å². The lowest BCUT2D eigenvalue weighted by molar-refractivity contribution is 0.678. The summed E-state index contributed by atoms with van der Waals surface area (Å²) in [5.74, 6) is 0.390. The number of benzene rings is 1. The number of anilines is 1. The number of nitrogens with zero attached hydrogens (tertiary/aromatic N) is 1. The fraction of sp³-hybridized carbons (Fsp3) is 0.357. The first kappa shape index (κ1) is 12.4. The van der Waals surface area contributed by atoms with Gasteiger partial charge in [-0.25, -0.2) is 4.68 Å². The summed E-state index contributed by atoms with van der Waals surface area (Å²) in [6.45, 7) is 0. The maximum atomic E-state index is 12.2. The molecule has 3 N–H and O–H groups in total. The van der Waals surface area contributed by atoms with E-state index in [9.17, 15) is 4.79 Å². The first-order valence-electron chi connectivity index (χ1n) is 6.53. The molecule has 1 aromatic heterocycles. The van der Waals surface area contributed by atoms with Gasteiger partial charge in [0.25, 0.3) is 5.56 Å². The van der Waals surface area contributed by atoms with Crippen molar-refractivity contribution in [3.05, 3.63) is 45.3 Å². The molecule has 1 aliphatic rings. The van der Waals surface area contributed by atoms with Crippen LogP contribution in [0.3, 0.4) is 0 Å². The Kier molecular flexibility index (Phi) is 3.11. The third-order valence-corrected chi connectivity index (χ3v) is 4.06. The van der Waals surface area contributed by atoms with Gasteiger partial charge < -0.3 is 5.73 Å². The van der Waals surface area contributed by atoms with E-state index in [0.29, 0.717) is 16.6 Å². The number of nitrogens with one attached hydrogen (secondary N) is 1. The normalized spacial score (nSPS) is 16.1. The molecule has 0 radical (unpaired) electrons. The van der Waals surface area contributed by atoms with Crippen LogP contribution in [0, 0.1) is 0 Å². The van der Waals surface area contributed by atoms with Crippen LogP contribution in [0.15, 0.2) is 29.1 Å². The molecule has 0 spiro atoms. The van der Waals surface area contributed by atoms with Gasteiger partial charge in [-0.1, -0.05) is 24.4 Å². The number of rotatable bonds is 2. The second-order valence-corrected chi connectivity index (χ2v) is 5.47. The second kappa shape index (κ2) is 4.78. The summed E-state index contributed by atoms with van der Waals surface area (Å²) in [6, 6.07) is 7.13. The van der Waals surface area contributed by atoms with Crippen LogP contribution in [0.2, 0.25) is 5.02 Å². The molecule has 1 aliphatic carbocycles. The predicted molar refractivity (Wildman–Crippen MR) is 77.0 cm³/mol. The van der Waals surface area contributed by atoms with Crippen molar-refractivity contribution in [1.29, 1.82) is 0 Å². The van der Waals surface area contributed by atoms with Gasteiger partial charge in [-0.05, 0) is 37.1 Å². The summed E-state index contributed by atoms with van der Waals surface area (Å²) < 4.78 is 1.50. The summed E-state index contributed by atoms with van der Waals surface area (Å²) in [4.78, 5) is 12.2. The molecule has 1 saturated carbocycles. The van der Waals surface area contributed by atoms with Gasteiger partial charge in [0.05, 0.1) is 11.4 Å². The molecule has 5 heteroatoms. The van der Waals surface area contributed by atoms with E-state index in [1.165, 1.54) is 17.5 Å². The summed E-state index contributed by atoms with van der Waals surface area (Å²) in [5.41, 5.74) is 7.77. The average molecular weight is 278 g/mol. The first-order valence-corrected chi connectivity index (χ1v) is 6.91. The highest BCUT2D eigenvalue weighted by Crippen LogP contribution is 2.35. The van der Waals surface area contributed by atoms with Gasteiger partial charge in [-0.2, -0.15) is 0 Å². The van der Waals surface area contributed by atoms with Gasteiger partial charge in [0.2, 0.25) is 0 Å². The number of nitrogen functional groups attached to an aromatic ring is 1. The van der Waals surface area contributed by atoms with Gasteiger partial charge in [0.1, 0.15) is 5.69 Å². The van der Waals surface area contributed by atoms with E-state index in [-0.39, 0.29) is 5.56 Å². The fourth-order valence-corrected chi connectivity index (χ4v) is 2.89. The van der Waals surface area contributed by atoms with E-state index in [0.717, 1.165) is 24.2 Å². The lowest BCUT2D eigenvalue weighted by Gasteiger charge is -2.07. The Hall–Kier alpha value is -1.68. The van der Waals surface area contributed by atoms with Crippen LogP contribution in [0.5, 0.6) is 0 Å². The Morgan fingerprint density at radius 1 is 1.21 bits per heavy atom. The Labute approximate surface area is 116 Å². The Bertz CT molecular complexity index is 636. The van der Waals surface area contributed by atoms with Crippen LogP contribution in [0.4, 0.5) is 5.69 Å². The third-order valence-electron chi connectivity index (χ3n) is 3.80. The standard InChI is InChI=1S/C14H16ClN3O/c15-10-5-7-11(8-6-10)18-14(19)12(16)13(17-18)9-3-1-2-4-9/h5-9,17H,1-4,16H2. The molecule has 0 atom stereocenters. The zero-order valence-corrected chi connectivity index (χ0v) is 11.3. The quantitative estimate of drug-likeness (QED) is 0.886. The van der Waals surface area contributed by atoms with Gasteiger partial charge in [-0.3, -0.25) is 9.89 Å². The van der Waals surface area contributed by atoms with E-state index in [1.807, 2.05) is 0 Å². The SMILES string of the molecule is Nc1c(C2CCCC2)[nH]n(-c2ccc(Cl)cc2)c1=O. The first-order chi connectivity index (χ1) is 9.16. The molecular formula is C14H16ClN3O. The second-order valence-electron chi connectivity index (χ2n) is 5.04. The maximum Gasteiger partial charge on any atom is 0.294 e. The molecule has 3 rings (SSSR count). The Morgan fingerprint density at radius 3 is 2.47 bits per heavy atom. The molecule has 1 aromatic carbocycles. The van der Waals surface area contributed by atoms with E-state index < -0.39 is 0 Å². The van der Waals surface area contributed by atoms with E-state index in [1.54, 1.807) is 24.3 Å². The molecule has 19 heavy (non-hydrogen) atoms. The average Bonchev–Trinajstić information content (AvgIpc) is 3.02. The smallest absolute Gasteiger partial charge is 0.294 e. The van der Waals surface area contributed by atoms with Crippen molar-refractivity contribution in [2.75, 3.05) is 5.73 Å². The summed E-state index contributed by atoms with van der Waals surface area (Å²) >= 11 is 5.86. The topological polar surface area (TPSA) is 63.8 Å². The van der Waals surface area contributed by atoms with Crippen LogP contribution < -0.4 is 11.3 Å². The molecular weight excluding hydrogens is 262 g/mol. The maximum absolute atomic E-state index is 12.2. The monoisotopic (exact) mass is 277 g/mol. The highest BCUT2D eigenvalue weighted by atomic mass is 35.5. The van der Waals surface area contributed by atoms with Gasteiger partial charge in [-0.15, -0.1) is 0 Å². The van der Waals surface area contributed by atoms with Crippen molar-refractivity contribution in [1.82, 2.24) is 9.78 Å². The molecule has 2 aromatic rings. The molecule has 1 heterocycles. The summed E-state index contributed by atoms with van der Waals surface area (Å²) in [5, 5.41) is 3.81. The van der Waals surface area contributed by atoms with Gasteiger partial charge >= 0.3 is 0 Å². The van der Waals surface area contributed by atoms with Gasteiger partial charge in [0, 0.05) is 10.9 Å². The predicted octanol–water partition coefficient (Wildman–Crippen LogP) is 3.06. The summed E-state index contributed by atoms with van der Waals surface area (Å²) in [6.07, 6.45) is 4.62. The molecule has 1 fully saturated rings. The molecule has 4 nitrogen and oxygen atoms in total. The van der Waals surface area contributed by atoms with Crippen LogP contribution in [-0.2, 0) is 0 Å². The van der Waals surface area contributed by atoms with E-state index in [2.05, 4.69) is 5.10 Å². The third kappa shape index (κ3) is 2.16. The molecule has 100 valence electrons. The van der Waals surface area contributed by atoms with Crippen molar-refractivity contribution in [3.63, 3.8) is 0 Å². The number of halogens is 1. The number of nitrogens with two attached hydrogens (primary N) is 1. The molecule has 0 bridgehead atoms. The minimum Gasteiger partial charge on any atom is -0.393 e. The van der Waals surface area contributed by atoms with E-state index in [4.69, 9.17) is 17.3 Å². The van der Waals surface area contributed by atoms with Crippen LogP contribution in [-0.4, -0.2) is 9.78 Å². The minimum absolute atomic E-state index is 0.177.